The number of carbonyl (C=O) groups is 5. The van der Waals surface area contributed by atoms with Crippen molar-refractivity contribution >= 4 is 35.5 Å². The molecule has 0 bridgehead atoms. The quantitative estimate of drug-likeness (QED) is 0.306. The van der Waals surface area contributed by atoms with E-state index < -0.39 is 46.5 Å². The maximum absolute atomic E-state index is 14.3. The van der Waals surface area contributed by atoms with Gasteiger partial charge in [-0.2, -0.15) is 5.10 Å². The number of ether oxygens (including phenoxy) is 2. The summed E-state index contributed by atoms with van der Waals surface area (Å²) in [6.07, 6.45) is -0.185. The Morgan fingerprint density at radius 3 is 2.37 bits per heavy atom. The highest BCUT2D eigenvalue weighted by Crippen LogP contribution is 2.38. The van der Waals surface area contributed by atoms with Crippen LogP contribution >= 0.6 is 0 Å². The Bertz CT molecular complexity index is 1690. The van der Waals surface area contributed by atoms with Crippen molar-refractivity contribution in [3.8, 4) is 11.8 Å². The maximum Gasteiger partial charge on any atom is 0.408 e. The van der Waals surface area contributed by atoms with E-state index in [4.69, 9.17) is 9.47 Å². The predicted molar refractivity (Wildman–Crippen MR) is 183 cm³/mol. The molecule has 2 atom stereocenters. The Kier molecular flexibility index (Phi) is 11.2. The van der Waals surface area contributed by atoms with Crippen LogP contribution in [0.3, 0.4) is 0 Å². The molecule has 260 valence electrons. The molecular weight excluding hydrogens is 626 g/mol. The first-order chi connectivity index (χ1) is 23.1. The number of carbonyl (C=O) groups excluding carboxylic acids is 5. The third kappa shape index (κ3) is 8.84. The number of rotatable bonds is 9. The first-order valence-electron chi connectivity index (χ1n) is 16.3. The zero-order valence-electron chi connectivity index (χ0n) is 29.2. The van der Waals surface area contributed by atoms with Gasteiger partial charge in [-0.3, -0.25) is 14.4 Å². The van der Waals surface area contributed by atoms with Crippen molar-refractivity contribution in [1.82, 2.24) is 20.5 Å². The highest BCUT2D eigenvalue weighted by Gasteiger charge is 2.54. The Morgan fingerprint density at radius 2 is 1.69 bits per heavy atom. The molecule has 12 nitrogen and oxygen atoms in total. The molecule has 2 aromatic rings. The summed E-state index contributed by atoms with van der Waals surface area (Å²) >= 11 is 0. The van der Waals surface area contributed by atoms with E-state index in [0.717, 1.165) is 5.56 Å². The van der Waals surface area contributed by atoms with Gasteiger partial charge in [-0.05, 0) is 65.7 Å². The fraction of sp³-hybridized carbons (Fsp3) is 0.459. The molecule has 1 fully saturated rings. The molecule has 0 spiro atoms. The lowest BCUT2D eigenvalue weighted by molar-refractivity contribution is -0.142. The van der Waals surface area contributed by atoms with Crippen LogP contribution < -0.4 is 10.6 Å². The number of nitrogens with one attached hydrogen (secondary N) is 2. The van der Waals surface area contributed by atoms with E-state index in [1.807, 2.05) is 30.3 Å². The second-order valence-electron chi connectivity index (χ2n) is 13.7. The lowest BCUT2D eigenvalue weighted by atomic mass is 9.73. The van der Waals surface area contributed by atoms with Crippen LogP contribution in [0.2, 0.25) is 0 Å². The van der Waals surface area contributed by atoms with Crippen LogP contribution in [-0.4, -0.2) is 89.3 Å². The second kappa shape index (κ2) is 14.9. The first kappa shape index (κ1) is 36.7. The highest BCUT2D eigenvalue weighted by atomic mass is 16.6. The minimum absolute atomic E-state index is 0.0633. The predicted octanol–water partition coefficient (Wildman–Crippen LogP) is 3.68. The normalized spacial score (nSPS) is 17.9. The summed E-state index contributed by atoms with van der Waals surface area (Å²) in [7, 11) is 1.61. The molecule has 1 saturated heterocycles. The number of hydrogen-bond donors (Lipinski definition) is 2. The first-order valence-corrected chi connectivity index (χ1v) is 16.3. The molecule has 49 heavy (non-hydrogen) atoms. The zero-order valence-corrected chi connectivity index (χ0v) is 29.2. The summed E-state index contributed by atoms with van der Waals surface area (Å²) in [5, 5.41) is 11.2. The molecule has 2 aliphatic rings. The molecule has 0 aromatic heterocycles. The van der Waals surface area contributed by atoms with Crippen LogP contribution in [0.15, 0.2) is 59.7 Å². The van der Waals surface area contributed by atoms with E-state index >= 15 is 0 Å². The molecular formula is C37H45N5O7. The van der Waals surface area contributed by atoms with Crippen LogP contribution in [0.4, 0.5) is 4.79 Å². The summed E-state index contributed by atoms with van der Waals surface area (Å²) in [6, 6.07) is 15.1. The lowest BCUT2D eigenvalue weighted by Crippen LogP contribution is -2.62. The van der Waals surface area contributed by atoms with E-state index in [1.165, 1.54) is 18.9 Å². The number of benzene rings is 2. The van der Waals surface area contributed by atoms with E-state index in [2.05, 4.69) is 27.6 Å². The van der Waals surface area contributed by atoms with Crippen LogP contribution in [0.5, 0.6) is 0 Å². The molecule has 4 rings (SSSR count). The van der Waals surface area contributed by atoms with Crippen LogP contribution in [0.1, 0.15) is 75.9 Å². The summed E-state index contributed by atoms with van der Waals surface area (Å²) in [6.45, 7) is 10.4. The van der Waals surface area contributed by atoms with Crippen molar-refractivity contribution in [2.24, 2.45) is 10.5 Å². The van der Waals surface area contributed by atoms with Crippen LogP contribution in [0, 0.1) is 17.3 Å². The van der Waals surface area contributed by atoms with Crippen molar-refractivity contribution < 1.29 is 33.4 Å². The molecule has 0 saturated carbocycles. The van der Waals surface area contributed by atoms with Crippen LogP contribution in [0.25, 0.3) is 0 Å². The van der Waals surface area contributed by atoms with Gasteiger partial charge in [0.05, 0.1) is 17.9 Å². The Hall–Kier alpha value is -5.18. The summed E-state index contributed by atoms with van der Waals surface area (Å²) in [4.78, 5) is 68.3. The zero-order chi connectivity index (χ0) is 36.0. The fourth-order valence-corrected chi connectivity index (χ4v) is 5.82. The van der Waals surface area contributed by atoms with Gasteiger partial charge in [0.15, 0.2) is 0 Å². The number of fused-ring (bicyclic) bond motifs is 1. The van der Waals surface area contributed by atoms with Crippen molar-refractivity contribution in [3.05, 3.63) is 71.3 Å². The number of nitrogens with zero attached hydrogens (tertiary/aromatic N) is 3. The van der Waals surface area contributed by atoms with Crippen molar-refractivity contribution in [1.29, 1.82) is 0 Å². The number of alkyl carbamates (subject to hydrolysis) is 1. The van der Waals surface area contributed by atoms with Gasteiger partial charge in [0.25, 0.3) is 5.91 Å². The molecule has 2 aliphatic heterocycles. The van der Waals surface area contributed by atoms with Gasteiger partial charge < -0.3 is 25.0 Å². The van der Waals surface area contributed by atoms with Gasteiger partial charge in [-0.25, -0.2) is 14.6 Å². The number of hydrogen-bond acceptors (Lipinski definition) is 8. The van der Waals surface area contributed by atoms with Gasteiger partial charge in [0.2, 0.25) is 11.8 Å². The van der Waals surface area contributed by atoms with E-state index in [-0.39, 0.29) is 37.6 Å². The largest absolute Gasteiger partial charge is 0.462 e. The summed E-state index contributed by atoms with van der Waals surface area (Å²) in [5.41, 5.74) is -0.981. The standard InChI is InChI=1S/C37H45N5O7/c1-8-48-31(44)27-19-13-12-17-26(27)18-14-20-28(38-32(45)36(5,6)39-34(47)49-35(2,3)4)30(43)42-22-21-29-37(24-42,33(46)41(7)40-29)23-25-15-10-9-11-16-25/h9-13,15-17,19,28H,8,20-24H2,1-7H3,(H,38,45)(H,39,47)/t28?,37-/m1/s1. The molecule has 4 amide bonds. The van der Waals surface area contributed by atoms with Gasteiger partial charge in [-0.15, -0.1) is 0 Å². The van der Waals surface area contributed by atoms with E-state index in [9.17, 15) is 24.0 Å². The maximum atomic E-state index is 14.3. The van der Waals surface area contributed by atoms with Gasteiger partial charge in [0.1, 0.15) is 22.6 Å². The number of hydrazone groups is 1. The highest BCUT2D eigenvalue weighted by molar-refractivity contribution is 6.13. The smallest absolute Gasteiger partial charge is 0.408 e. The van der Waals surface area contributed by atoms with Gasteiger partial charge in [-0.1, -0.05) is 54.3 Å². The number of amides is 4. The molecule has 1 unspecified atom stereocenters. The molecule has 2 heterocycles. The van der Waals surface area contributed by atoms with Crippen molar-refractivity contribution in [2.45, 2.75) is 78.0 Å². The van der Waals surface area contributed by atoms with Gasteiger partial charge >= 0.3 is 12.1 Å². The van der Waals surface area contributed by atoms with Crippen molar-refractivity contribution in [2.75, 3.05) is 26.7 Å². The van der Waals surface area contributed by atoms with Crippen molar-refractivity contribution in [3.63, 3.8) is 0 Å². The Labute approximate surface area is 287 Å². The number of piperidine rings is 1. The molecule has 2 aromatic carbocycles. The summed E-state index contributed by atoms with van der Waals surface area (Å²) < 4.78 is 10.5. The lowest BCUT2D eigenvalue weighted by Gasteiger charge is -2.40. The summed E-state index contributed by atoms with van der Waals surface area (Å²) in [5.74, 6) is 4.12. The number of esters is 1. The third-order valence-corrected chi connectivity index (χ3v) is 8.20. The third-order valence-electron chi connectivity index (χ3n) is 8.20. The molecule has 2 N–H and O–H groups in total. The van der Waals surface area contributed by atoms with Gasteiger partial charge in [0, 0.05) is 38.5 Å². The average molecular weight is 672 g/mol. The molecule has 12 heteroatoms. The molecule has 0 radical (unpaired) electrons. The second-order valence-corrected chi connectivity index (χ2v) is 13.7. The van der Waals surface area contributed by atoms with E-state index in [0.29, 0.717) is 24.1 Å². The fourth-order valence-electron chi connectivity index (χ4n) is 5.82. The topological polar surface area (TPSA) is 147 Å². The SMILES string of the molecule is CCOC(=O)c1ccccc1C#CCC(NC(=O)C(C)(C)NC(=O)OC(C)(C)C)C(=O)N1CCC2=NN(C)C(=O)[C@]2(Cc2ccccc2)C1. The monoisotopic (exact) mass is 671 g/mol. The Balaban J connectivity index is 1.63. The minimum Gasteiger partial charge on any atom is -0.462 e. The van der Waals surface area contributed by atoms with E-state index in [1.54, 1.807) is 63.9 Å². The Morgan fingerprint density at radius 1 is 1.02 bits per heavy atom. The minimum atomic E-state index is -1.47. The number of likely N-dealkylation sites (tertiary alicyclic amines) is 1. The average Bonchev–Trinajstić information content (AvgIpc) is 3.27. The molecule has 0 aliphatic carbocycles. The van der Waals surface area contributed by atoms with Crippen LogP contribution in [-0.2, 0) is 30.3 Å².